The number of fused-ring (bicyclic) bond motifs is 6. The van der Waals surface area contributed by atoms with Gasteiger partial charge in [0.25, 0.3) is 0 Å². The topological polar surface area (TPSA) is 48.5 Å². The van der Waals surface area contributed by atoms with Crippen LogP contribution in [0.25, 0.3) is 77.8 Å². The molecule has 224 valence electrons. The van der Waals surface area contributed by atoms with Crippen LogP contribution < -0.4 is 0 Å². The normalized spacial score (nSPS) is 11.8. The molecule has 0 N–H and O–H groups in total. The highest BCUT2D eigenvalue weighted by Gasteiger charge is 2.16. The molecule has 9 rings (SSSR count). The van der Waals surface area contributed by atoms with Crippen LogP contribution in [0.4, 0.5) is 0 Å². The fourth-order valence-corrected chi connectivity index (χ4v) is 6.83. The molecule has 5 nitrogen and oxygen atoms in total. The van der Waals surface area contributed by atoms with E-state index in [9.17, 15) is 0 Å². The smallest absolute Gasteiger partial charge is 0.163 e. The molecule has 0 saturated carbocycles. The van der Waals surface area contributed by atoms with Crippen LogP contribution in [0, 0.1) is 0 Å². The molecule has 0 aliphatic rings. The third-order valence-corrected chi connectivity index (χ3v) is 9.10. The molecular formula is C42H31N5. The minimum atomic E-state index is 0.157. The van der Waals surface area contributed by atoms with Crippen molar-refractivity contribution in [2.45, 2.75) is 19.8 Å². The van der Waals surface area contributed by atoms with Gasteiger partial charge in [-0.05, 0) is 72.8 Å². The number of hydrogen-bond donors (Lipinski definition) is 0. The summed E-state index contributed by atoms with van der Waals surface area (Å²) in [7, 11) is 0. The van der Waals surface area contributed by atoms with Gasteiger partial charge in [-0.15, -0.1) is 0 Å². The van der Waals surface area contributed by atoms with Crippen LogP contribution in [0.15, 0.2) is 146 Å². The van der Waals surface area contributed by atoms with Crippen molar-refractivity contribution in [3.05, 3.63) is 151 Å². The highest BCUT2D eigenvalue weighted by Crippen LogP contribution is 2.34. The van der Waals surface area contributed by atoms with Crippen LogP contribution in [0.3, 0.4) is 0 Å². The number of hydrogen-bond acceptors (Lipinski definition) is 3. The lowest BCUT2D eigenvalue weighted by molar-refractivity contribution is 0.766. The van der Waals surface area contributed by atoms with Gasteiger partial charge in [0.2, 0.25) is 0 Å². The summed E-state index contributed by atoms with van der Waals surface area (Å²) < 4.78 is 4.65. The molecule has 3 aromatic heterocycles. The van der Waals surface area contributed by atoms with Crippen molar-refractivity contribution < 1.29 is 0 Å². The first-order chi connectivity index (χ1) is 23.1. The first-order valence-electron chi connectivity index (χ1n) is 16.1. The highest BCUT2D eigenvalue weighted by molar-refractivity contribution is 6.10. The van der Waals surface area contributed by atoms with Crippen LogP contribution in [0.2, 0.25) is 0 Å². The maximum atomic E-state index is 5.01. The molecule has 0 radical (unpaired) electrons. The van der Waals surface area contributed by atoms with E-state index in [-0.39, 0.29) is 5.92 Å². The lowest BCUT2D eigenvalue weighted by atomic mass is 10.1. The number of benzene rings is 6. The third kappa shape index (κ3) is 4.43. The second kappa shape index (κ2) is 10.8. The number of para-hydroxylation sites is 4. The maximum absolute atomic E-state index is 5.01. The first-order valence-corrected chi connectivity index (χ1v) is 16.1. The van der Waals surface area contributed by atoms with Gasteiger partial charge in [-0.1, -0.05) is 86.6 Å². The van der Waals surface area contributed by atoms with Crippen molar-refractivity contribution in [2.24, 2.45) is 0 Å². The number of aromatic nitrogens is 5. The first kappa shape index (κ1) is 27.3. The van der Waals surface area contributed by atoms with Gasteiger partial charge in [0.15, 0.2) is 11.6 Å². The predicted octanol–water partition coefficient (Wildman–Crippen LogP) is 10.5. The Morgan fingerprint density at radius 2 is 0.702 bits per heavy atom. The quantitative estimate of drug-likeness (QED) is 0.196. The SMILES string of the molecule is CC(C)c1nc(-c2ccc(-n3c4ccccc4c4ccccc43)cc2)nc(-c2ccc(-n3c4ccccc4c4ccccc43)cc2)n1. The molecule has 3 heterocycles. The molecule has 9 aromatic rings. The van der Waals surface area contributed by atoms with E-state index in [1.807, 2.05) is 0 Å². The predicted molar refractivity (Wildman–Crippen MR) is 193 cm³/mol. The van der Waals surface area contributed by atoms with Crippen LogP contribution in [-0.4, -0.2) is 24.1 Å². The van der Waals surface area contributed by atoms with Crippen LogP contribution in [0.5, 0.6) is 0 Å². The average molecular weight is 606 g/mol. The summed E-state index contributed by atoms with van der Waals surface area (Å²) in [4.78, 5) is 14.8. The maximum Gasteiger partial charge on any atom is 0.163 e. The van der Waals surface area contributed by atoms with Crippen molar-refractivity contribution in [1.82, 2.24) is 24.1 Å². The van der Waals surface area contributed by atoms with Gasteiger partial charge in [0, 0.05) is 50.0 Å². The summed E-state index contributed by atoms with van der Waals surface area (Å²) in [6.45, 7) is 4.25. The van der Waals surface area contributed by atoms with Gasteiger partial charge in [-0.2, -0.15) is 0 Å². The summed E-state index contributed by atoms with van der Waals surface area (Å²) in [5.41, 5.74) is 8.88. The van der Waals surface area contributed by atoms with Crippen molar-refractivity contribution in [3.8, 4) is 34.2 Å². The molecule has 5 heteroatoms. The zero-order valence-corrected chi connectivity index (χ0v) is 26.2. The molecule has 0 atom stereocenters. The van der Waals surface area contributed by atoms with Gasteiger partial charge in [-0.3, -0.25) is 0 Å². The summed E-state index contributed by atoms with van der Waals surface area (Å²) in [6, 6.07) is 51.4. The standard InChI is InChI=1S/C42H31N5/c1-27(2)40-43-41(28-19-23-30(24-20-28)46-36-15-7-3-11-32(36)33-12-4-8-16-37(33)46)45-42(44-40)29-21-25-31(26-22-29)47-38-17-9-5-13-34(38)35-14-6-10-18-39(35)47/h3-27H,1-2H3. The molecular weight excluding hydrogens is 574 g/mol. The highest BCUT2D eigenvalue weighted by atomic mass is 15.0. The molecule has 6 aromatic carbocycles. The molecule has 0 aliphatic heterocycles. The zero-order chi connectivity index (χ0) is 31.5. The molecule has 0 bridgehead atoms. The Labute approximate surface area is 272 Å². The Morgan fingerprint density at radius 1 is 0.383 bits per heavy atom. The van der Waals surface area contributed by atoms with E-state index in [1.165, 1.54) is 43.6 Å². The lowest BCUT2D eigenvalue weighted by Gasteiger charge is -2.12. The second-order valence-electron chi connectivity index (χ2n) is 12.3. The largest absolute Gasteiger partial charge is 0.309 e. The van der Waals surface area contributed by atoms with E-state index in [0.29, 0.717) is 11.6 Å². The number of rotatable bonds is 5. The van der Waals surface area contributed by atoms with Crippen LogP contribution >= 0.6 is 0 Å². The minimum absolute atomic E-state index is 0.157. The minimum Gasteiger partial charge on any atom is -0.309 e. The van der Waals surface area contributed by atoms with Crippen molar-refractivity contribution in [3.63, 3.8) is 0 Å². The summed E-state index contributed by atoms with van der Waals surface area (Å²) in [6.07, 6.45) is 0. The molecule has 47 heavy (non-hydrogen) atoms. The zero-order valence-electron chi connectivity index (χ0n) is 26.2. The lowest BCUT2D eigenvalue weighted by Crippen LogP contribution is -2.05. The third-order valence-electron chi connectivity index (χ3n) is 9.10. The van der Waals surface area contributed by atoms with E-state index in [0.717, 1.165) is 28.3 Å². The Morgan fingerprint density at radius 3 is 1.02 bits per heavy atom. The van der Waals surface area contributed by atoms with Gasteiger partial charge < -0.3 is 9.13 Å². The van der Waals surface area contributed by atoms with E-state index in [1.54, 1.807) is 0 Å². The Kier molecular flexibility index (Phi) is 6.25. The molecule has 0 amide bonds. The summed E-state index contributed by atoms with van der Waals surface area (Å²) >= 11 is 0. The second-order valence-corrected chi connectivity index (χ2v) is 12.3. The van der Waals surface area contributed by atoms with E-state index in [4.69, 9.17) is 15.0 Å². The molecule has 0 aliphatic carbocycles. The van der Waals surface area contributed by atoms with Crippen molar-refractivity contribution >= 4 is 43.6 Å². The Hall–Kier alpha value is -6.07. The molecule has 0 unspecified atom stereocenters. The van der Waals surface area contributed by atoms with E-state index >= 15 is 0 Å². The summed E-state index contributed by atoms with van der Waals surface area (Å²) in [5, 5.41) is 5.00. The fourth-order valence-electron chi connectivity index (χ4n) is 6.83. The van der Waals surface area contributed by atoms with Gasteiger partial charge in [0.1, 0.15) is 5.82 Å². The van der Waals surface area contributed by atoms with Gasteiger partial charge in [0.05, 0.1) is 22.1 Å². The van der Waals surface area contributed by atoms with Crippen LogP contribution in [0.1, 0.15) is 25.6 Å². The Bertz CT molecular complexity index is 2310. The van der Waals surface area contributed by atoms with Gasteiger partial charge >= 0.3 is 0 Å². The van der Waals surface area contributed by atoms with Crippen LogP contribution in [-0.2, 0) is 0 Å². The fraction of sp³-hybridized carbons (Fsp3) is 0.0714. The molecule has 0 fully saturated rings. The van der Waals surface area contributed by atoms with E-state index < -0.39 is 0 Å². The monoisotopic (exact) mass is 605 g/mol. The van der Waals surface area contributed by atoms with Crippen molar-refractivity contribution in [2.75, 3.05) is 0 Å². The van der Waals surface area contributed by atoms with Crippen molar-refractivity contribution in [1.29, 1.82) is 0 Å². The molecule has 0 saturated heterocycles. The number of nitrogens with zero attached hydrogens (tertiary/aromatic N) is 5. The van der Waals surface area contributed by atoms with E-state index in [2.05, 4.69) is 169 Å². The average Bonchev–Trinajstić information content (AvgIpc) is 3.65. The summed E-state index contributed by atoms with van der Waals surface area (Å²) in [5.74, 6) is 2.30. The molecule has 0 spiro atoms. The van der Waals surface area contributed by atoms with Gasteiger partial charge in [-0.25, -0.2) is 15.0 Å². The Balaban J connectivity index is 1.11.